The number of nitrogens with zero attached hydrogens (tertiary/aromatic N) is 1. The molecule has 3 heteroatoms. The molecule has 1 N–H and O–H groups in total. The average molecular weight is 300 g/mol. The number of hydrogen-bond acceptors (Lipinski definition) is 3. The Bertz CT molecular complexity index is 528. The number of benzene rings is 1. The summed E-state index contributed by atoms with van der Waals surface area (Å²) < 4.78 is 0. The second-order valence-electron chi connectivity index (χ2n) is 5.25. The quantitative estimate of drug-likeness (QED) is 0.743. The molecule has 0 aliphatic heterocycles. The van der Waals surface area contributed by atoms with Crippen LogP contribution >= 0.6 is 11.8 Å². The molecule has 0 saturated heterocycles. The lowest BCUT2D eigenvalue weighted by Gasteiger charge is -2.18. The molecular weight excluding hydrogens is 276 g/mol. The molecule has 0 aliphatic carbocycles. The summed E-state index contributed by atoms with van der Waals surface area (Å²) in [6.07, 6.45) is 4.02. The van der Waals surface area contributed by atoms with Gasteiger partial charge in [-0.3, -0.25) is 4.98 Å². The summed E-state index contributed by atoms with van der Waals surface area (Å²) in [5, 5.41) is 3.65. The molecule has 1 unspecified atom stereocenters. The lowest BCUT2D eigenvalue weighted by molar-refractivity contribution is 0.545. The fourth-order valence-electron chi connectivity index (χ4n) is 2.22. The van der Waals surface area contributed by atoms with Gasteiger partial charge in [0.1, 0.15) is 0 Å². The number of nitrogens with one attached hydrogen (secondary N) is 1. The molecule has 0 bridgehead atoms. The topological polar surface area (TPSA) is 24.9 Å². The van der Waals surface area contributed by atoms with Gasteiger partial charge in [-0.15, -0.1) is 11.8 Å². The Kier molecular flexibility index (Phi) is 6.77. The molecule has 21 heavy (non-hydrogen) atoms. The van der Waals surface area contributed by atoms with Crippen LogP contribution in [0.15, 0.2) is 53.6 Å². The van der Waals surface area contributed by atoms with Crippen molar-refractivity contribution in [1.82, 2.24) is 10.3 Å². The lowest BCUT2D eigenvalue weighted by Crippen LogP contribution is -2.34. The second kappa shape index (κ2) is 8.85. The predicted molar refractivity (Wildman–Crippen MR) is 91.9 cm³/mol. The molecule has 0 radical (unpaired) electrons. The van der Waals surface area contributed by atoms with Gasteiger partial charge in [-0.05, 0) is 43.7 Å². The van der Waals surface area contributed by atoms with Gasteiger partial charge < -0.3 is 5.32 Å². The van der Waals surface area contributed by atoms with E-state index >= 15 is 0 Å². The van der Waals surface area contributed by atoms with Crippen molar-refractivity contribution >= 4 is 11.8 Å². The standard InChI is InChI=1S/C18H24N2S/c1-3-11-19-17(13-16-9-6-7-12-20-16)14-21-18-10-5-4-8-15(18)2/h4-10,12,17,19H,3,11,13-14H2,1-2H3. The molecule has 0 spiro atoms. The molecule has 1 aromatic heterocycles. The van der Waals surface area contributed by atoms with Crippen LogP contribution in [0.25, 0.3) is 0 Å². The molecule has 1 heterocycles. The van der Waals surface area contributed by atoms with E-state index in [4.69, 9.17) is 0 Å². The number of hydrogen-bond donors (Lipinski definition) is 1. The highest BCUT2D eigenvalue weighted by molar-refractivity contribution is 7.99. The van der Waals surface area contributed by atoms with Crippen LogP contribution in [-0.4, -0.2) is 23.3 Å². The Morgan fingerprint density at radius 3 is 2.67 bits per heavy atom. The fourth-order valence-corrected chi connectivity index (χ4v) is 3.31. The maximum atomic E-state index is 4.45. The minimum atomic E-state index is 0.462. The van der Waals surface area contributed by atoms with Gasteiger partial charge in [-0.25, -0.2) is 0 Å². The van der Waals surface area contributed by atoms with E-state index in [2.05, 4.69) is 60.5 Å². The van der Waals surface area contributed by atoms with E-state index in [0.29, 0.717) is 6.04 Å². The SMILES string of the molecule is CCCNC(CSc1ccccc1C)Cc1ccccn1. The zero-order valence-electron chi connectivity index (χ0n) is 12.9. The van der Waals surface area contributed by atoms with Gasteiger partial charge in [0.05, 0.1) is 0 Å². The van der Waals surface area contributed by atoms with Gasteiger partial charge >= 0.3 is 0 Å². The fraction of sp³-hybridized carbons (Fsp3) is 0.389. The number of aromatic nitrogens is 1. The Hall–Kier alpha value is -1.32. The first-order valence-corrected chi connectivity index (χ1v) is 8.60. The van der Waals surface area contributed by atoms with Crippen LogP contribution < -0.4 is 5.32 Å². The first-order chi connectivity index (χ1) is 10.3. The highest BCUT2D eigenvalue weighted by Gasteiger charge is 2.11. The normalized spacial score (nSPS) is 12.3. The van der Waals surface area contributed by atoms with Gasteiger partial charge in [-0.1, -0.05) is 31.2 Å². The third kappa shape index (κ3) is 5.52. The minimum Gasteiger partial charge on any atom is -0.313 e. The molecule has 2 rings (SSSR count). The molecule has 2 nitrogen and oxygen atoms in total. The molecule has 0 saturated carbocycles. The van der Waals surface area contributed by atoms with Crippen molar-refractivity contribution in [2.45, 2.75) is 37.6 Å². The summed E-state index contributed by atoms with van der Waals surface area (Å²) in [6.45, 7) is 5.45. The number of aryl methyl sites for hydroxylation is 1. The van der Waals surface area contributed by atoms with Crippen LogP contribution in [0, 0.1) is 6.92 Å². The highest BCUT2D eigenvalue weighted by atomic mass is 32.2. The van der Waals surface area contributed by atoms with Crippen molar-refractivity contribution in [3.05, 3.63) is 59.9 Å². The van der Waals surface area contributed by atoms with E-state index in [9.17, 15) is 0 Å². The van der Waals surface area contributed by atoms with Crippen LogP contribution in [0.3, 0.4) is 0 Å². The first-order valence-electron chi connectivity index (χ1n) is 7.61. The molecule has 112 valence electrons. The summed E-state index contributed by atoms with van der Waals surface area (Å²) in [5.41, 5.74) is 2.52. The predicted octanol–water partition coefficient (Wildman–Crippen LogP) is 4.09. The monoisotopic (exact) mass is 300 g/mol. The number of rotatable bonds is 8. The smallest absolute Gasteiger partial charge is 0.0419 e. The number of thioether (sulfide) groups is 1. The first kappa shape index (κ1) is 16.1. The Morgan fingerprint density at radius 1 is 1.14 bits per heavy atom. The average Bonchev–Trinajstić information content (AvgIpc) is 2.52. The van der Waals surface area contributed by atoms with Crippen molar-refractivity contribution in [3.63, 3.8) is 0 Å². The maximum absolute atomic E-state index is 4.45. The van der Waals surface area contributed by atoms with Crippen LogP contribution in [0.2, 0.25) is 0 Å². The molecular formula is C18H24N2S. The lowest BCUT2D eigenvalue weighted by atomic mass is 10.1. The van der Waals surface area contributed by atoms with E-state index in [1.807, 2.05) is 24.0 Å². The zero-order chi connectivity index (χ0) is 14.9. The summed E-state index contributed by atoms with van der Waals surface area (Å²) >= 11 is 1.93. The van der Waals surface area contributed by atoms with E-state index in [1.165, 1.54) is 10.5 Å². The summed E-state index contributed by atoms with van der Waals surface area (Å²) in [7, 11) is 0. The molecule has 0 aliphatic rings. The number of pyridine rings is 1. The van der Waals surface area contributed by atoms with Crippen LogP contribution in [0.5, 0.6) is 0 Å². The van der Waals surface area contributed by atoms with E-state index in [0.717, 1.165) is 30.8 Å². The van der Waals surface area contributed by atoms with Gasteiger partial charge in [0, 0.05) is 35.0 Å². The third-order valence-electron chi connectivity index (χ3n) is 3.40. The van der Waals surface area contributed by atoms with Crippen LogP contribution in [0.1, 0.15) is 24.6 Å². The Morgan fingerprint density at radius 2 is 1.95 bits per heavy atom. The van der Waals surface area contributed by atoms with Crippen LogP contribution in [-0.2, 0) is 6.42 Å². The molecule has 0 amide bonds. The van der Waals surface area contributed by atoms with Crippen molar-refractivity contribution in [1.29, 1.82) is 0 Å². The highest BCUT2D eigenvalue weighted by Crippen LogP contribution is 2.23. The van der Waals surface area contributed by atoms with Gasteiger partial charge in [-0.2, -0.15) is 0 Å². The molecule has 1 aromatic carbocycles. The Labute approximate surface area is 132 Å². The van der Waals surface area contributed by atoms with Crippen molar-refractivity contribution < 1.29 is 0 Å². The summed E-state index contributed by atoms with van der Waals surface area (Å²) in [4.78, 5) is 5.83. The molecule has 0 fully saturated rings. The van der Waals surface area contributed by atoms with Crippen molar-refractivity contribution in [2.24, 2.45) is 0 Å². The molecule has 1 atom stereocenters. The maximum Gasteiger partial charge on any atom is 0.0419 e. The molecule has 2 aromatic rings. The van der Waals surface area contributed by atoms with Gasteiger partial charge in [0.15, 0.2) is 0 Å². The second-order valence-corrected chi connectivity index (χ2v) is 6.31. The van der Waals surface area contributed by atoms with Crippen LogP contribution in [0.4, 0.5) is 0 Å². The van der Waals surface area contributed by atoms with Gasteiger partial charge in [0.2, 0.25) is 0 Å². The van der Waals surface area contributed by atoms with E-state index in [1.54, 1.807) is 0 Å². The van der Waals surface area contributed by atoms with Gasteiger partial charge in [0.25, 0.3) is 0 Å². The van der Waals surface area contributed by atoms with Crippen molar-refractivity contribution in [3.8, 4) is 0 Å². The zero-order valence-corrected chi connectivity index (χ0v) is 13.7. The summed E-state index contributed by atoms with van der Waals surface area (Å²) in [5.74, 6) is 1.07. The largest absolute Gasteiger partial charge is 0.313 e. The Balaban J connectivity index is 1.94. The third-order valence-corrected chi connectivity index (χ3v) is 4.74. The van der Waals surface area contributed by atoms with Crippen molar-refractivity contribution in [2.75, 3.05) is 12.3 Å². The van der Waals surface area contributed by atoms with E-state index in [-0.39, 0.29) is 0 Å². The van der Waals surface area contributed by atoms with E-state index < -0.39 is 0 Å². The summed E-state index contributed by atoms with van der Waals surface area (Å²) in [6, 6.07) is 15.2. The minimum absolute atomic E-state index is 0.462.